The van der Waals surface area contributed by atoms with Crippen LogP contribution in [-0.4, -0.2) is 63.3 Å². The number of nitrogens with zero attached hydrogens (tertiary/aromatic N) is 2. The van der Waals surface area contributed by atoms with E-state index >= 15 is 0 Å². The van der Waals surface area contributed by atoms with Gasteiger partial charge in [-0.3, -0.25) is 9.79 Å². The number of esters is 1. The van der Waals surface area contributed by atoms with Gasteiger partial charge in [-0.25, -0.2) is 0 Å². The molecule has 0 bridgehead atoms. The van der Waals surface area contributed by atoms with E-state index in [-0.39, 0.29) is 47.9 Å². The van der Waals surface area contributed by atoms with E-state index in [1.807, 2.05) is 13.8 Å². The normalized spacial score (nSPS) is 21.7. The van der Waals surface area contributed by atoms with Gasteiger partial charge in [0.15, 0.2) is 5.96 Å². The Balaban J connectivity index is 0.00000441. The molecule has 0 aromatic heterocycles. The minimum atomic E-state index is -0.134. The van der Waals surface area contributed by atoms with Gasteiger partial charge in [0, 0.05) is 33.3 Å². The molecule has 0 aromatic carbocycles. The van der Waals surface area contributed by atoms with Gasteiger partial charge in [-0.2, -0.15) is 0 Å². The average molecular weight is 427 g/mol. The molecule has 0 spiro atoms. The number of hydrogen-bond acceptors (Lipinski definition) is 4. The van der Waals surface area contributed by atoms with Crippen molar-refractivity contribution in [1.82, 2.24) is 10.2 Å². The summed E-state index contributed by atoms with van der Waals surface area (Å²) in [4.78, 5) is 18.1. The van der Waals surface area contributed by atoms with Crippen LogP contribution < -0.4 is 5.32 Å². The van der Waals surface area contributed by atoms with E-state index in [1.54, 1.807) is 7.05 Å². The van der Waals surface area contributed by atoms with Crippen molar-refractivity contribution in [2.24, 2.45) is 16.8 Å². The lowest BCUT2D eigenvalue weighted by atomic mass is 9.99. The third kappa shape index (κ3) is 6.68. The predicted octanol–water partition coefficient (Wildman–Crippen LogP) is 1.74. The lowest BCUT2D eigenvalue weighted by Crippen LogP contribution is -2.41. The SMILES string of the molecule is CN=C(NCCCOC(C)C)N1CC(C)C(C(=O)OC)C1.I. The van der Waals surface area contributed by atoms with E-state index in [1.165, 1.54) is 7.11 Å². The quantitative estimate of drug-likeness (QED) is 0.230. The summed E-state index contributed by atoms with van der Waals surface area (Å²) in [5, 5.41) is 3.33. The van der Waals surface area contributed by atoms with Crippen LogP contribution in [0, 0.1) is 11.8 Å². The number of carbonyl (C=O) groups excluding carboxylic acids is 1. The van der Waals surface area contributed by atoms with Gasteiger partial charge in [0.1, 0.15) is 0 Å². The zero-order valence-corrected chi connectivity index (χ0v) is 16.6. The largest absolute Gasteiger partial charge is 0.469 e. The fourth-order valence-corrected chi connectivity index (χ4v) is 2.52. The maximum atomic E-state index is 11.7. The first kappa shape index (κ1) is 21.4. The molecule has 0 saturated carbocycles. The van der Waals surface area contributed by atoms with E-state index in [0.29, 0.717) is 6.54 Å². The Kier molecular flexibility index (Phi) is 10.8. The monoisotopic (exact) mass is 427 g/mol. The van der Waals surface area contributed by atoms with E-state index in [9.17, 15) is 4.79 Å². The number of halogens is 1. The van der Waals surface area contributed by atoms with E-state index < -0.39 is 0 Å². The molecule has 6 nitrogen and oxygen atoms in total. The molecule has 7 heteroatoms. The van der Waals surface area contributed by atoms with Gasteiger partial charge in [-0.05, 0) is 26.2 Å². The molecule has 22 heavy (non-hydrogen) atoms. The minimum Gasteiger partial charge on any atom is -0.469 e. The average Bonchev–Trinajstić information content (AvgIpc) is 2.83. The molecule has 1 fully saturated rings. The van der Waals surface area contributed by atoms with Crippen LogP contribution >= 0.6 is 24.0 Å². The van der Waals surface area contributed by atoms with Crippen molar-refractivity contribution in [2.45, 2.75) is 33.3 Å². The summed E-state index contributed by atoms with van der Waals surface area (Å²) in [6, 6.07) is 0. The van der Waals surface area contributed by atoms with Gasteiger partial charge >= 0.3 is 5.97 Å². The molecule has 1 saturated heterocycles. The Morgan fingerprint density at radius 3 is 2.64 bits per heavy atom. The third-order valence-electron chi connectivity index (χ3n) is 3.68. The van der Waals surface area contributed by atoms with E-state index in [4.69, 9.17) is 9.47 Å². The summed E-state index contributed by atoms with van der Waals surface area (Å²) in [5.41, 5.74) is 0. The van der Waals surface area contributed by atoms with Crippen molar-refractivity contribution < 1.29 is 14.3 Å². The fraction of sp³-hybridized carbons (Fsp3) is 0.867. The van der Waals surface area contributed by atoms with Gasteiger partial charge in [-0.1, -0.05) is 6.92 Å². The van der Waals surface area contributed by atoms with Gasteiger partial charge in [0.2, 0.25) is 0 Å². The number of hydrogen-bond donors (Lipinski definition) is 1. The molecule has 130 valence electrons. The van der Waals surface area contributed by atoms with Crippen LogP contribution in [0.4, 0.5) is 0 Å². The molecular formula is C15H30IN3O3. The Morgan fingerprint density at radius 2 is 2.09 bits per heavy atom. The van der Waals surface area contributed by atoms with Crippen LogP contribution in [-0.2, 0) is 14.3 Å². The van der Waals surface area contributed by atoms with Gasteiger partial charge < -0.3 is 19.7 Å². The summed E-state index contributed by atoms with van der Waals surface area (Å²) < 4.78 is 10.4. The Morgan fingerprint density at radius 1 is 1.41 bits per heavy atom. The number of ether oxygens (including phenoxy) is 2. The molecule has 1 N–H and O–H groups in total. The van der Waals surface area contributed by atoms with Crippen molar-refractivity contribution in [3.05, 3.63) is 0 Å². The van der Waals surface area contributed by atoms with Gasteiger partial charge in [0.25, 0.3) is 0 Å². The van der Waals surface area contributed by atoms with Crippen LogP contribution in [0.15, 0.2) is 4.99 Å². The molecule has 1 heterocycles. The van der Waals surface area contributed by atoms with Crippen molar-refractivity contribution in [2.75, 3.05) is 40.4 Å². The lowest BCUT2D eigenvalue weighted by Gasteiger charge is -2.21. The first-order valence-electron chi connectivity index (χ1n) is 7.64. The number of nitrogens with one attached hydrogen (secondary N) is 1. The van der Waals surface area contributed by atoms with Crippen molar-refractivity contribution in [1.29, 1.82) is 0 Å². The molecule has 0 aliphatic carbocycles. The van der Waals surface area contributed by atoms with Crippen LogP contribution in [0.5, 0.6) is 0 Å². The zero-order chi connectivity index (χ0) is 15.8. The minimum absolute atomic E-state index is 0. The molecule has 0 radical (unpaired) electrons. The highest BCUT2D eigenvalue weighted by molar-refractivity contribution is 14.0. The highest BCUT2D eigenvalue weighted by atomic mass is 127. The highest BCUT2D eigenvalue weighted by Crippen LogP contribution is 2.23. The topological polar surface area (TPSA) is 63.2 Å². The Bertz CT molecular complexity index is 364. The van der Waals surface area contributed by atoms with Crippen LogP contribution in [0.3, 0.4) is 0 Å². The molecule has 1 aliphatic heterocycles. The maximum Gasteiger partial charge on any atom is 0.310 e. The van der Waals surface area contributed by atoms with Crippen molar-refractivity contribution >= 4 is 35.9 Å². The molecule has 1 rings (SSSR count). The van der Waals surface area contributed by atoms with Gasteiger partial charge in [0.05, 0.1) is 19.1 Å². The van der Waals surface area contributed by atoms with Crippen molar-refractivity contribution in [3.8, 4) is 0 Å². The predicted molar refractivity (Wildman–Crippen MR) is 98.7 cm³/mol. The van der Waals surface area contributed by atoms with Gasteiger partial charge in [-0.15, -0.1) is 24.0 Å². The number of carbonyl (C=O) groups is 1. The second-order valence-electron chi connectivity index (χ2n) is 5.76. The Labute approximate surface area is 151 Å². The molecule has 2 atom stereocenters. The van der Waals surface area contributed by atoms with Crippen LogP contribution in [0.1, 0.15) is 27.2 Å². The lowest BCUT2D eigenvalue weighted by molar-refractivity contribution is -0.145. The van der Waals surface area contributed by atoms with E-state index in [2.05, 4.69) is 22.1 Å². The molecule has 0 amide bonds. The number of aliphatic imine (C=N–C) groups is 1. The summed E-state index contributed by atoms with van der Waals surface area (Å²) >= 11 is 0. The summed E-state index contributed by atoms with van der Waals surface area (Å²) in [7, 11) is 3.21. The van der Waals surface area contributed by atoms with Crippen molar-refractivity contribution in [3.63, 3.8) is 0 Å². The first-order valence-corrected chi connectivity index (χ1v) is 7.64. The summed E-state index contributed by atoms with van der Waals surface area (Å²) in [6.45, 7) is 9.18. The second kappa shape index (κ2) is 11.0. The third-order valence-corrected chi connectivity index (χ3v) is 3.68. The number of methoxy groups -OCH3 is 1. The van der Waals surface area contributed by atoms with E-state index in [0.717, 1.165) is 32.1 Å². The second-order valence-corrected chi connectivity index (χ2v) is 5.76. The number of rotatable bonds is 6. The highest BCUT2D eigenvalue weighted by Gasteiger charge is 2.36. The maximum absolute atomic E-state index is 11.7. The smallest absolute Gasteiger partial charge is 0.310 e. The first-order chi connectivity index (χ1) is 9.99. The molecule has 1 aliphatic rings. The molecule has 2 unspecified atom stereocenters. The number of likely N-dealkylation sites (tertiary alicyclic amines) is 1. The van der Waals surface area contributed by atoms with Crippen LogP contribution in [0.25, 0.3) is 0 Å². The Hall–Kier alpha value is -0.570. The zero-order valence-electron chi connectivity index (χ0n) is 14.3. The fourth-order valence-electron chi connectivity index (χ4n) is 2.52. The molecule has 0 aromatic rings. The molecular weight excluding hydrogens is 397 g/mol. The summed E-state index contributed by atoms with van der Waals surface area (Å²) in [5.74, 6) is 0.918. The number of guanidine groups is 1. The standard InChI is InChI=1S/C15H29N3O3.HI/c1-11(2)21-8-6-7-17-15(16-4)18-9-12(3)13(10-18)14(19)20-5;/h11-13H,6-10H2,1-5H3,(H,16,17);1H. The summed E-state index contributed by atoms with van der Waals surface area (Å²) in [6.07, 6.45) is 1.20. The van der Waals surface area contributed by atoms with Crippen LogP contribution in [0.2, 0.25) is 0 Å².